The molecule has 2 aromatic rings. The van der Waals surface area contributed by atoms with Gasteiger partial charge in [0.1, 0.15) is 11.6 Å². The van der Waals surface area contributed by atoms with Gasteiger partial charge in [-0.25, -0.2) is 4.98 Å². The van der Waals surface area contributed by atoms with E-state index in [-0.39, 0.29) is 34.4 Å². The number of aryl methyl sites for hydroxylation is 1. The van der Waals surface area contributed by atoms with Gasteiger partial charge in [-0.3, -0.25) is 9.48 Å². The molecular formula is C23H26ClF8N5O2. The maximum atomic E-state index is 13.2. The smallest absolute Gasteiger partial charge is 0.417 e. The third kappa shape index (κ3) is 7.63. The van der Waals surface area contributed by atoms with E-state index < -0.39 is 42.5 Å². The van der Waals surface area contributed by atoms with Gasteiger partial charge in [0, 0.05) is 25.4 Å². The summed E-state index contributed by atoms with van der Waals surface area (Å²) in [6.45, 7) is 0.685. The van der Waals surface area contributed by atoms with Gasteiger partial charge in [-0.2, -0.15) is 40.2 Å². The molecule has 16 heteroatoms. The van der Waals surface area contributed by atoms with Gasteiger partial charge in [-0.15, -0.1) is 0 Å². The summed E-state index contributed by atoms with van der Waals surface area (Å²) in [5, 5.41) is 7.76. The molecule has 0 aromatic carbocycles. The lowest BCUT2D eigenvalue weighted by molar-refractivity contribution is -0.242. The highest BCUT2D eigenvalue weighted by Crippen LogP contribution is 2.40. The van der Waals surface area contributed by atoms with Gasteiger partial charge < -0.3 is 15.4 Å². The van der Waals surface area contributed by atoms with Crippen LogP contribution in [0.25, 0.3) is 11.3 Å². The first-order valence-corrected chi connectivity index (χ1v) is 12.4. The van der Waals surface area contributed by atoms with Crippen molar-refractivity contribution in [3.63, 3.8) is 0 Å². The Labute approximate surface area is 223 Å². The number of hydrogen-bond donors (Lipinski definition) is 2. The molecule has 1 aliphatic carbocycles. The van der Waals surface area contributed by atoms with E-state index in [2.05, 4.69) is 27.1 Å². The van der Waals surface area contributed by atoms with Crippen LogP contribution < -0.4 is 15.4 Å². The Balaban J connectivity index is 1.94. The maximum Gasteiger partial charge on any atom is 0.417 e. The molecular weight excluding hydrogens is 566 g/mol. The molecule has 0 bridgehead atoms. The fourth-order valence-electron chi connectivity index (χ4n) is 4.31. The van der Waals surface area contributed by atoms with Gasteiger partial charge in [-0.05, 0) is 31.6 Å². The lowest BCUT2D eigenvalue weighted by Gasteiger charge is -2.26. The number of nitrogens with zero attached hydrogens (tertiary/aromatic N) is 3. The van der Waals surface area contributed by atoms with E-state index in [9.17, 15) is 39.9 Å². The van der Waals surface area contributed by atoms with E-state index in [1.165, 1.54) is 0 Å². The number of amides is 1. The second-order valence-electron chi connectivity index (χ2n) is 9.27. The van der Waals surface area contributed by atoms with Crippen molar-refractivity contribution >= 4 is 23.3 Å². The fraction of sp³-hybridized carbons (Fsp3) is 0.609. The van der Waals surface area contributed by atoms with Gasteiger partial charge in [0.2, 0.25) is 6.04 Å². The zero-order chi connectivity index (χ0) is 29.1. The Bertz CT molecular complexity index is 1130. The Morgan fingerprint density at radius 3 is 2.31 bits per heavy atom. The Hall–Kier alpha value is -2.84. The zero-order valence-corrected chi connectivity index (χ0v) is 21.5. The Kier molecular flexibility index (Phi) is 9.55. The van der Waals surface area contributed by atoms with E-state index in [1.807, 2.05) is 0 Å². The molecule has 0 atom stereocenters. The number of rotatable bonds is 9. The molecule has 7 nitrogen and oxygen atoms in total. The van der Waals surface area contributed by atoms with E-state index >= 15 is 0 Å². The van der Waals surface area contributed by atoms with Gasteiger partial charge in [0.05, 0.1) is 16.3 Å². The molecule has 2 aromatic heterocycles. The quantitative estimate of drug-likeness (QED) is 0.318. The van der Waals surface area contributed by atoms with Crippen molar-refractivity contribution < 1.29 is 44.7 Å². The van der Waals surface area contributed by atoms with Crippen LogP contribution >= 0.6 is 11.6 Å². The van der Waals surface area contributed by atoms with Crippen LogP contribution in [0.15, 0.2) is 12.3 Å². The van der Waals surface area contributed by atoms with Crippen LogP contribution in [0.2, 0.25) is 5.02 Å². The molecule has 1 fully saturated rings. The molecule has 0 saturated heterocycles. The predicted molar refractivity (Wildman–Crippen MR) is 126 cm³/mol. The average molecular weight is 592 g/mol. The molecule has 1 saturated carbocycles. The number of pyridine rings is 1. The molecule has 2 heterocycles. The van der Waals surface area contributed by atoms with Crippen molar-refractivity contribution in [2.24, 2.45) is 11.8 Å². The summed E-state index contributed by atoms with van der Waals surface area (Å²) in [5.74, 6) is -1.61. The highest BCUT2D eigenvalue weighted by Gasteiger charge is 2.57. The highest BCUT2D eigenvalue weighted by molar-refractivity contribution is 6.36. The van der Waals surface area contributed by atoms with Gasteiger partial charge in [0.25, 0.3) is 5.91 Å². The monoisotopic (exact) mass is 591 g/mol. The first kappa shape index (κ1) is 30.7. The molecule has 1 aliphatic rings. The minimum atomic E-state index is -5.76. The Morgan fingerprint density at radius 2 is 1.77 bits per heavy atom. The average Bonchev–Trinajstić information content (AvgIpc) is 3.16. The van der Waals surface area contributed by atoms with Crippen molar-refractivity contribution in [3.8, 4) is 17.0 Å². The minimum absolute atomic E-state index is 0.0706. The summed E-state index contributed by atoms with van der Waals surface area (Å²) >= 11 is 6.40. The van der Waals surface area contributed by atoms with E-state index in [0.29, 0.717) is 24.7 Å². The fourth-order valence-corrected chi connectivity index (χ4v) is 4.63. The lowest BCUT2D eigenvalue weighted by atomic mass is 9.83. The number of ether oxygens (including phenoxy) is 1. The number of anilines is 1. The second-order valence-corrected chi connectivity index (χ2v) is 9.65. The summed E-state index contributed by atoms with van der Waals surface area (Å²) < 4.78 is 110. The third-order valence-corrected chi connectivity index (χ3v) is 6.74. The van der Waals surface area contributed by atoms with Crippen molar-refractivity contribution in [2.75, 3.05) is 11.9 Å². The van der Waals surface area contributed by atoms with Crippen molar-refractivity contribution in [1.29, 1.82) is 0 Å². The molecule has 1 amide bonds. The number of alkyl halides is 8. The molecule has 0 spiro atoms. The Morgan fingerprint density at radius 1 is 1.15 bits per heavy atom. The number of aromatic nitrogens is 3. The summed E-state index contributed by atoms with van der Waals surface area (Å²) in [4.78, 5) is 16.4. The highest BCUT2D eigenvalue weighted by atomic mass is 35.5. The topological polar surface area (TPSA) is 81.1 Å². The lowest BCUT2D eigenvalue weighted by Crippen LogP contribution is -2.48. The normalized spacial score (nSPS) is 18.5. The van der Waals surface area contributed by atoms with E-state index in [1.54, 1.807) is 6.92 Å². The van der Waals surface area contributed by atoms with E-state index in [4.69, 9.17) is 11.6 Å². The number of nitrogens with one attached hydrogen (secondary N) is 2. The number of carbonyl (C=O) groups excluding carboxylic acids is 1. The van der Waals surface area contributed by atoms with Gasteiger partial charge in [0.15, 0.2) is 5.69 Å². The summed E-state index contributed by atoms with van der Waals surface area (Å²) in [5.41, 5.74) is -0.693. The largest absolute Gasteiger partial charge is 0.434 e. The first-order valence-electron chi connectivity index (χ1n) is 12.0. The van der Waals surface area contributed by atoms with Crippen LogP contribution in [0.1, 0.15) is 50.0 Å². The van der Waals surface area contributed by atoms with Crippen LogP contribution in [0.3, 0.4) is 0 Å². The molecule has 39 heavy (non-hydrogen) atoms. The van der Waals surface area contributed by atoms with Crippen molar-refractivity contribution in [3.05, 3.63) is 23.0 Å². The van der Waals surface area contributed by atoms with Crippen molar-refractivity contribution in [2.45, 2.75) is 71.1 Å². The van der Waals surface area contributed by atoms with Gasteiger partial charge >= 0.3 is 19.0 Å². The molecule has 218 valence electrons. The minimum Gasteiger partial charge on any atom is -0.434 e. The van der Waals surface area contributed by atoms with Gasteiger partial charge in [-0.1, -0.05) is 31.4 Å². The van der Waals surface area contributed by atoms with Crippen LogP contribution in [0.5, 0.6) is 5.75 Å². The van der Waals surface area contributed by atoms with E-state index in [0.717, 1.165) is 35.7 Å². The van der Waals surface area contributed by atoms with Crippen LogP contribution in [-0.4, -0.2) is 52.2 Å². The van der Waals surface area contributed by atoms with Crippen LogP contribution in [0.4, 0.5) is 40.9 Å². The summed E-state index contributed by atoms with van der Waals surface area (Å²) in [6, 6.07) is -3.56. The third-order valence-electron chi connectivity index (χ3n) is 6.38. The van der Waals surface area contributed by atoms with Crippen LogP contribution in [0, 0.1) is 11.8 Å². The van der Waals surface area contributed by atoms with Crippen LogP contribution in [-0.2, 0) is 6.54 Å². The first-order chi connectivity index (χ1) is 18.1. The summed E-state index contributed by atoms with van der Waals surface area (Å²) in [6.07, 6.45) is -6.86. The standard InChI is InChI=1S/C23H26ClF8N5O2/c1-3-37-18(16(24)17(36-37)19(38)34-9-12-6-4-11(2)5-7-12)13-10-33-15(8-14(13)39-21(25)26)35-20(22(27,28)29)23(30,31)32/h8,10-12,20-21H,3-7,9H2,1-2H3,(H,33,35)(H,34,38). The SMILES string of the molecule is CCn1nc(C(=O)NCC2CCC(C)CC2)c(Cl)c1-c1cnc(NC(C(F)(F)F)C(F)(F)F)cc1OC(F)F. The summed E-state index contributed by atoms with van der Waals surface area (Å²) in [7, 11) is 0. The number of hydrogen-bond acceptors (Lipinski definition) is 5. The molecule has 0 aliphatic heterocycles. The molecule has 3 rings (SSSR count). The number of carbonyl (C=O) groups is 1. The predicted octanol–water partition coefficient (Wildman–Crippen LogP) is 6.68. The molecule has 0 unspecified atom stereocenters. The van der Waals surface area contributed by atoms with Crippen molar-refractivity contribution in [1.82, 2.24) is 20.1 Å². The number of halogens is 9. The molecule has 2 N–H and O–H groups in total. The second kappa shape index (κ2) is 12.1. The molecule has 0 radical (unpaired) electrons. The maximum absolute atomic E-state index is 13.2. The zero-order valence-electron chi connectivity index (χ0n) is 20.8.